The summed E-state index contributed by atoms with van der Waals surface area (Å²) in [6.07, 6.45) is 0. The molecule has 1 aromatic carbocycles. The van der Waals surface area contributed by atoms with Crippen molar-refractivity contribution in [3.8, 4) is 0 Å². The fourth-order valence-corrected chi connectivity index (χ4v) is 3.01. The second-order valence-corrected chi connectivity index (χ2v) is 9.51. The van der Waals surface area contributed by atoms with Crippen LogP contribution in [-0.4, -0.2) is 8.96 Å². The summed E-state index contributed by atoms with van der Waals surface area (Å²) in [6.45, 7) is 12.1. The van der Waals surface area contributed by atoms with Crippen molar-refractivity contribution in [2.75, 3.05) is 5.73 Å². The van der Waals surface area contributed by atoms with Gasteiger partial charge in [0.1, 0.15) is 0 Å². The summed E-state index contributed by atoms with van der Waals surface area (Å²) in [6, 6.07) is 5.26. The van der Waals surface area contributed by atoms with Crippen LogP contribution in [0.25, 0.3) is 0 Å². The molecule has 3 nitrogen and oxygen atoms in total. The van der Waals surface area contributed by atoms with Gasteiger partial charge in [0.2, 0.25) is 0 Å². The molecule has 0 bridgehead atoms. The fraction of sp³-hybridized carbons (Fsp3) is 0.600. The highest BCUT2D eigenvalue weighted by atomic mass is 35.5. The molecule has 0 radical (unpaired) electrons. The zero-order valence-corrected chi connectivity index (χ0v) is 14.7. The number of benzene rings is 1. The van der Waals surface area contributed by atoms with Crippen LogP contribution in [0, 0.1) is 5.41 Å². The van der Waals surface area contributed by atoms with Gasteiger partial charge in [-0.2, -0.15) is 0 Å². The Bertz CT molecular complexity index is 504. The highest BCUT2D eigenvalue weighted by Crippen LogP contribution is 2.37. The number of anilines is 1. The predicted octanol–water partition coefficient (Wildman–Crippen LogP) is 4.06. The Morgan fingerprint density at radius 1 is 1.20 bits per heavy atom. The molecule has 0 aliphatic heterocycles. The number of nitrogens with two attached hydrogens (primary N) is 1. The van der Waals surface area contributed by atoms with E-state index in [4.69, 9.17) is 17.3 Å². The molecule has 0 saturated carbocycles. The molecule has 0 heterocycles. The number of halogens is 1. The van der Waals surface area contributed by atoms with Gasteiger partial charge in [-0.05, 0) is 49.9 Å². The molecule has 0 saturated heterocycles. The summed E-state index contributed by atoms with van der Waals surface area (Å²) < 4.78 is 15.3. The van der Waals surface area contributed by atoms with Crippen LogP contribution in [0.1, 0.15) is 53.1 Å². The second-order valence-electron chi connectivity index (χ2n) is 7.07. The lowest BCUT2D eigenvalue weighted by Crippen LogP contribution is -2.40. The minimum absolute atomic E-state index is 0.138. The molecule has 1 aromatic rings. The number of nitrogen functional groups attached to an aromatic ring is 1. The van der Waals surface area contributed by atoms with Crippen molar-refractivity contribution in [1.29, 1.82) is 0 Å². The monoisotopic (exact) mass is 316 g/mol. The Morgan fingerprint density at radius 2 is 1.75 bits per heavy atom. The maximum absolute atomic E-state index is 12.4. The van der Waals surface area contributed by atoms with Crippen molar-refractivity contribution in [3.63, 3.8) is 0 Å². The van der Waals surface area contributed by atoms with Crippen molar-refractivity contribution in [2.24, 2.45) is 5.41 Å². The second kappa shape index (κ2) is 6.04. The smallest absolute Gasteiger partial charge is 0.0976 e. The van der Waals surface area contributed by atoms with Crippen LogP contribution in [-0.2, 0) is 11.0 Å². The summed E-state index contributed by atoms with van der Waals surface area (Å²) >= 11 is 6.08. The molecule has 0 amide bonds. The average molecular weight is 317 g/mol. The first-order chi connectivity index (χ1) is 8.93. The van der Waals surface area contributed by atoms with Crippen molar-refractivity contribution < 1.29 is 4.21 Å². The van der Waals surface area contributed by atoms with E-state index in [1.807, 2.05) is 26.8 Å². The SMILES string of the molecule is CC(C)(C)[C@H](NS(=O)C(C)(C)C)c1cc(Cl)ccc1N. The zero-order valence-electron chi connectivity index (χ0n) is 13.1. The van der Waals surface area contributed by atoms with E-state index in [0.29, 0.717) is 10.7 Å². The van der Waals surface area contributed by atoms with Crippen LogP contribution < -0.4 is 10.5 Å². The maximum atomic E-state index is 12.4. The molecule has 3 N–H and O–H groups in total. The quantitative estimate of drug-likeness (QED) is 0.826. The first-order valence-electron chi connectivity index (χ1n) is 6.66. The summed E-state index contributed by atoms with van der Waals surface area (Å²) in [5, 5.41) is 0.631. The summed E-state index contributed by atoms with van der Waals surface area (Å²) in [5.74, 6) is 0. The third kappa shape index (κ3) is 4.47. The lowest BCUT2D eigenvalue weighted by atomic mass is 9.82. The van der Waals surface area contributed by atoms with E-state index in [0.717, 1.165) is 5.56 Å². The van der Waals surface area contributed by atoms with Gasteiger partial charge in [0.15, 0.2) is 0 Å². The topological polar surface area (TPSA) is 55.1 Å². The summed E-state index contributed by atoms with van der Waals surface area (Å²) in [5.41, 5.74) is 7.49. The fourth-order valence-electron chi connectivity index (χ4n) is 1.79. The van der Waals surface area contributed by atoms with Gasteiger partial charge in [-0.3, -0.25) is 0 Å². The Labute approximate surface area is 129 Å². The average Bonchev–Trinajstić information content (AvgIpc) is 2.26. The zero-order chi connectivity index (χ0) is 15.7. The van der Waals surface area contributed by atoms with Crippen LogP contribution in [0.4, 0.5) is 5.69 Å². The summed E-state index contributed by atoms with van der Waals surface area (Å²) in [4.78, 5) is 0. The van der Waals surface area contributed by atoms with E-state index < -0.39 is 11.0 Å². The lowest BCUT2D eigenvalue weighted by Gasteiger charge is -2.34. The minimum Gasteiger partial charge on any atom is -0.398 e. The Morgan fingerprint density at radius 3 is 2.20 bits per heavy atom. The molecule has 2 atom stereocenters. The third-order valence-corrected chi connectivity index (χ3v) is 4.80. The molecular weight excluding hydrogens is 292 g/mol. The van der Waals surface area contributed by atoms with Crippen LogP contribution in [0.5, 0.6) is 0 Å². The van der Waals surface area contributed by atoms with Crippen LogP contribution in [0.2, 0.25) is 5.02 Å². The van der Waals surface area contributed by atoms with Gasteiger partial charge < -0.3 is 5.73 Å². The van der Waals surface area contributed by atoms with Crippen molar-refractivity contribution in [1.82, 2.24) is 4.72 Å². The van der Waals surface area contributed by atoms with E-state index in [-0.39, 0.29) is 16.2 Å². The van der Waals surface area contributed by atoms with Gasteiger partial charge in [0.05, 0.1) is 21.8 Å². The minimum atomic E-state index is -1.18. The number of rotatable bonds is 3. The molecule has 0 fully saturated rings. The lowest BCUT2D eigenvalue weighted by molar-refractivity contribution is 0.307. The molecule has 5 heteroatoms. The van der Waals surface area contributed by atoms with Gasteiger partial charge in [-0.15, -0.1) is 0 Å². The van der Waals surface area contributed by atoms with Gasteiger partial charge in [-0.25, -0.2) is 8.93 Å². The van der Waals surface area contributed by atoms with E-state index in [1.165, 1.54) is 0 Å². The van der Waals surface area contributed by atoms with Gasteiger partial charge in [0.25, 0.3) is 0 Å². The standard InChI is InChI=1S/C15H25ClN2OS/c1-14(2,3)13(18-20(19)15(4,5)6)11-9-10(16)7-8-12(11)17/h7-9,13,18H,17H2,1-6H3/t13-,20?/m1/s1. The first-order valence-corrected chi connectivity index (χ1v) is 8.18. The van der Waals surface area contributed by atoms with Crippen LogP contribution in [0.3, 0.4) is 0 Å². The summed E-state index contributed by atoms with van der Waals surface area (Å²) in [7, 11) is -1.18. The van der Waals surface area contributed by atoms with Gasteiger partial charge in [-0.1, -0.05) is 32.4 Å². The van der Waals surface area contributed by atoms with Gasteiger partial charge in [0, 0.05) is 10.7 Å². The maximum Gasteiger partial charge on any atom is 0.0976 e. The number of hydrogen-bond acceptors (Lipinski definition) is 2. The largest absolute Gasteiger partial charge is 0.398 e. The highest BCUT2D eigenvalue weighted by molar-refractivity contribution is 7.84. The molecule has 0 aliphatic carbocycles. The van der Waals surface area contributed by atoms with E-state index in [2.05, 4.69) is 25.5 Å². The van der Waals surface area contributed by atoms with Crippen LogP contribution in [0.15, 0.2) is 18.2 Å². The molecule has 114 valence electrons. The molecule has 0 aromatic heterocycles. The highest BCUT2D eigenvalue weighted by Gasteiger charge is 2.32. The third-order valence-electron chi connectivity index (χ3n) is 3.01. The Hall–Kier alpha value is -0.580. The normalized spacial score (nSPS) is 15.9. The Balaban J connectivity index is 3.21. The van der Waals surface area contributed by atoms with E-state index in [9.17, 15) is 4.21 Å². The van der Waals surface area contributed by atoms with E-state index >= 15 is 0 Å². The number of nitrogens with one attached hydrogen (secondary N) is 1. The van der Waals surface area contributed by atoms with Crippen LogP contribution >= 0.6 is 11.6 Å². The van der Waals surface area contributed by atoms with E-state index in [1.54, 1.807) is 12.1 Å². The predicted molar refractivity (Wildman–Crippen MR) is 89.1 cm³/mol. The molecule has 0 spiro atoms. The molecule has 20 heavy (non-hydrogen) atoms. The van der Waals surface area contributed by atoms with Gasteiger partial charge >= 0.3 is 0 Å². The number of hydrogen-bond donors (Lipinski definition) is 2. The molecule has 1 rings (SSSR count). The molecule has 0 aliphatic rings. The first kappa shape index (κ1) is 17.5. The Kier molecular flexibility index (Phi) is 5.28. The van der Waals surface area contributed by atoms with Crippen molar-refractivity contribution in [3.05, 3.63) is 28.8 Å². The molecular formula is C15H25ClN2OS. The van der Waals surface area contributed by atoms with Crippen molar-refractivity contribution >= 4 is 28.3 Å². The molecule has 1 unspecified atom stereocenters. The van der Waals surface area contributed by atoms with Crippen molar-refractivity contribution in [2.45, 2.75) is 52.3 Å².